The molecule has 0 aliphatic heterocycles. The molecule has 0 bridgehead atoms. The van der Waals surface area contributed by atoms with Gasteiger partial charge in [-0.1, -0.05) is 6.92 Å². The third-order valence-electron chi connectivity index (χ3n) is 2.74. The van der Waals surface area contributed by atoms with Crippen molar-refractivity contribution in [2.75, 3.05) is 5.73 Å². The summed E-state index contributed by atoms with van der Waals surface area (Å²) in [5.74, 6) is -2.99. The molecule has 2 aromatic rings. The summed E-state index contributed by atoms with van der Waals surface area (Å²) in [4.78, 5) is 0.446. The number of rotatable bonds is 2. The monoisotopic (exact) mass is 282 g/mol. The average molecular weight is 282 g/mol. The minimum atomic E-state index is -1.00. The van der Waals surface area contributed by atoms with Crippen LogP contribution in [-0.4, -0.2) is 0 Å². The van der Waals surface area contributed by atoms with Crippen molar-refractivity contribution in [2.45, 2.75) is 13.3 Å². The Kier molecular flexibility index (Phi) is 3.49. The van der Waals surface area contributed by atoms with Gasteiger partial charge in [0.05, 0.1) is 11.3 Å². The van der Waals surface area contributed by atoms with Gasteiger partial charge in [-0.05, 0) is 12.0 Å². The molecule has 0 radical (unpaired) electrons. The zero-order valence-corrected chi connectivity index (χ0v) is 10.7. The quantitative estimate of drug-likeness (QED) is 0.909. The van der Waals surface area contributed by atoms with Gasteiger partial charge in [0, 0.05) is 17.0 Å². The minimum absolute atomic E-state index is 0.204. The van der Waals surface area contributed by atoms with Crippen LogP contribution in [0.1, 0.15) is 17.4 Å². The van der Waals surface area contributed by atoms with E-state index in [1.54, 1.807) is 6.92 Å². The molecule has 19 heavy (non-hydrogen) atoms. The first kappa shape index (κ1) is 13.4. The zero-order valence-electron chi connectivity index (χ0n) is 9.93. The van der Waals surface area contributed by atoms with Gasteiger partial charge in [-0.15, -0.1) is 11.3 Å². The van der Waals surface area contributed by atoms with Gasteiger partial charge in [0.15, 0.2) is 0 Å². The molecule has 98 valence electrons. The number of nitrogens with two attached hydrogens (primary N) is 1. The zero-order chi connectivity index (χ0) is 14.2. The molecule has 0 saturated carbocycles. The topological polar surface area (TPSA) is 49.8 Å². The van der Waals surface area contributed by atoms with Gasteiger partial charge in [0.2, 0.25) is 0 Å². The van der Waals surface area contributed by atoms with Crippen molar-refractivity contribution in [1.82, 2.24) is 0 Å². The van der Waals surface area contributed by atoms with Crippen molar-refractivity contribution in [3.05, 3.63) is 40.0 Å². The molecule has 0 aliphatic rings. The summed E-state index contributed by atoms with van der Waals surface area (Å²) in [6.45, 7) is 1.77. The summed E-state index contributed by atoms with van der Waals surface area (Å²) < 4.78 is 40.4. The summed E-state index contributed by atoms with van der Waals surface area (Å²) in [6, 6.07) is 3.11. The second-order valence-corrected chi connectivity index (χ2v) is 4.88. The van der Waals surface area contributed by atoms with E-state index < -0.39 is 17.5 Å². The SMILES string of the molecule is CCc1c(-c2c(F)cc(F)cc2F)sc(C#N)c1N. The van der Waals surface area contributed by atoms with Crippen LogP contribution in [0.5, 0.6) is 0 Å². The maximum Gasteiger partial charge on any atom is 0.137 e. The molecule has 1 aromatic carbocycles. The van der Waals surface area contributed by atoms with E-state index in [4.69, 9.17) is 11.0 Å². The molecule has 0 spiro atoms. The van der Waals surface area contributed by atoms with E-state index in [9.17, 15) is 13.2 Å². The smallest absolute Gasteiger partial charge is 0.137 e. The van der Waals surface area contributed by atoms with Crippen LogP contribution in [0.3, 0.4) is 0 Å². The molecule has 6 heteroatoms. The molecule has 1 heterocycles. The summed E-state index contributed by atoms with van der Waals surface area (Å²) >= 11 is 0.909. The largest absolute Gasteiger partial charge is 0.397 e. The third-order valence-corrected chi connectivity index (χ3v) is 3.91. The molecule has 2 rings (SSSR count). The fourth-order valence-corrected chi connectivity index (χ4v) is 3.03. The van der Waals surface area contributed by atoms with E-state index in [-0.39, 0.29) is 21.0 Å². The van der Waals surface area contributed by atoms with Crippen LogP contribution in [-0.2, 0) is 6.42 Å². The van der Waals surface area contributed by atoms with Crippen LogP contribution >= 0.6 is 11.3 Å². The number of thiophene rings is 1. The molecular weight excluding hydrogens is 273 g/mol. The Balaban J connectivity index is 2.76. The van der Waals surface area contributed by atoms with Crippen LogP contribution in [0.25, 0.3) is 10.4 Å². The molecule has 0 atom stereocenters. The van der Waals surface area contributed by atoms with Gasteiger partial charge in [-0.2, -0.15) is 5.26 Å². The Hall–Kier alpha value is -2.00. The van der Waals surface area contributed by atoms with E-state index in [1.165, 1.54) is 0 Å². The molecular formula is C13H9F3N2S. The predicted octanol–water partition coefficient (Wildman–Crippen LogP) is 3.85. The lowest BCUT2D eigenvalue weighted by Gasteiger charge is -2.06. The number of benzene rings is 1. The fourth-order valence-electron chi connectivity index (χ4n) is 1.87. The van der Waals surface area contributed by atoms with Gasteiger partial charge >= 0.3 is 0 Å². The van der Waals surface area contributed by atoms with E-state index >= 15 is 0 Å². The maximum atomic E-state index is 13.8. The lowest BCUT2D eigenvalue weighted by molar-refractivity contribution is 0.548. The number of anilines is 1. The van der Waals surface area contributed by atoms with E-state index in [1.807, 2.05) is 6.07 Å². The van der Waals surface area contributed by atoms with Crippen LogP contribution < -0.4 is 5.73 Å². The first-order chi connectivity index (χ1) is 8.99. The van der Waals surface area contributed by atoms with Gasteiger partial charge in [-0.25, -0.2) is 13.2 Å². The van der Waals surface area contributed by atoms with Crippen LogP contribution in [0, 0.1) is 28.8 Å². The number of hydrogen-bond acceptors (Lipinski definition) is 3. The lowest BCUT2D eigenvalue weighted by Crippen LogP contribution is -1.95. The maximum absolute atomic E-state index is 13.8. The molecule has 0 amide bonds. The second kappa shape index (κ2) is 4.94. The molecule has 1 aromatic heterocycles. The van der Waals surface area contributed by atoms with Crippen molar-refractivity contribution in [2.24, 2.45) is 0 Å². The number of halogens is 3. The molecule has 2 N–H and O–H groups in total. The van der Waals surface area contributed by atoms with E-state index in [2.05, 4.69) is 0 Å². The molecule has 0 fully saturated rings. The third kappa shape index (κ3) is 2.17. The Labute approximate surface area is 111 Å². The molecule has 2 nitrogen and oxygen atoms in total. The summed E-state index contributed by atoms with van der Waals surface area (Å²) in [5, 5.41) is 8.91. The number of nitrogen functional groups attached to an aromatic ring is 1. The number of nitriles is 1. The summed E-state index contributed by atoms with van der Waals surface area (Å²) in [6.07, 6.45) is 0.426. The van der Waals surface area contributed by atoms with Gasteiger partial charge in [0.25, 0.3) is 0 Å². The van der Waals surface area contributed by atoms with Crippen molar-refractivity contribution >= 4 is 17.0 Å². The van der Waals surface area contributed by atoms with Gasteiger partial charge < -0.3 is 5.73 Å². The van der Waals surface area contributed by atoms with Crippen molar-refractivity contribution in [3.63, 3.8) is 0 Å². The summed E-state index contributed by atoms with van der Waals surface area (Å²) in [5.41, 5.74) is 6.16. The highest BCUT2D eigenvalue weighted by Gasteiger charge is 2.22. The Bertz CT molecular complexity index is 663. The Morgan fingerprint density at radius 1 is 1.26 bits per heavy atom. The summed E-state index contributed by atoms with van der Waals surface area (Å²) in [7, 11) is 0. The van der Waals surface area contributed by atoms with Gasteiger partial charge in [-0.3, -0.25) is 0 Å². The highest BCUT2D eigenvalue weighted by molar-refractivity contribution is 7.16. The van der Waals surface area contributed by atoms with Crippen LogP contribution in [0.2, 0.25) is 0 Å². The lowest BCUT2D eigenvalue weighted by atomic mass is 10.0. The Morgan fingerprint density at radius 3 is 2.32 bits per heavy atom. The first-order valence-electron chi connectivity index (χ1n) is 5.45. The van der Waals surface area contributed by atoms with Crippen LogP contribution in [0.15, 0.2) is 12.1 Å². The Morgan fingerprint density at radius 2 is 1.84 bits per heavy atom. The first-order valence-corrected chi connectivity index (χ1v) is 6.27. The standard InChI is InChI=1S/C13H9F3N2S/c1-2-7-12(18)10(5-17)19-13(7)11-8(15)3-6(14)4-9(11)16/h3-4H,2,18H2,1H3. The fraction of sp³-hybridized carbons (Fsp3) is 0.154. The normalized spacial score (nSPS) is 10.5. The average Bonchev–Trinajstić information content (AvgIpc) is 2.64. The highest BCUT2D eigenvalue weighted by atomic mass is 32.1. The second-order valence-electron chi connectivity index (χ2n) is 3.86. The minimum Gasteiger partial charge on any atom is -0.397 e. The van der Waals surface area contributed by atoms with Gasteiger partial charge in [0.1, 0.15) is 28.4 Å². The van der Waals surface area contributed by atoms with E-state index in [0.717, 1.165) is 11.3 Å². The molecule has 0 unspecified atom stereocenters. The molecule has 0 aliphatic carbocycles. The van der Waals surface area contributed by atoms with Crippen molar-refractivity contribution < 1.29 is 13.2 Å². The highest BCUT2D eigenvalue weighted by Crippen LogP contribution is 2.40. The van der Waals surface area contributed by atoms with Crippen LogP contribution in [0.4, 0.5) is 18.9 Å². The predicted molar refractivity (Wildman–Crippen MR) is 68.1 cm³/mol. The number of hydrogen-bond donors (Lipinski definition) is 1. The number of nitrogens with zero attached hydrogens (tertiary/aromatic N) is 1. The van der Waals surface area contributed by atoms with Crippen molar-refractivity contribution in [1.29, 1.82) is 5.26 Å². The van der Waals surface area contributed by atoms with E-state index in [0.29, 0.717) is 24.1 Å². The van der Waals surface area contributed by atoms with Crippen molar-refractivity contribution in [3.8, 4) is 16.5 Å². The molecule has 0 saturated heterocycles.